The van der Waals surface area contributed by atoms with Crippen LogP contribution in [0.2, 0.25) is 0 Å². The molecule has 1 unspecified atom stereocenters. The van der Waals surface area contributed by atoms with Gasteiger partial charge in [-0.2, -0.15) is 0 Å². The number of likely N-dealkylation sites (N-methyl/N-ethyl adjacent to an activating group) is 1. The summed E-state index contributed by atoms with van der Waals surface area (Å²) in [5.41, 5.74) is 14.0. The molecule has 0 aliphatic carbocycles. The van der Waals surface area contributed by atoms with E-state index in [4.69, 9.17) is 4.42 Å². The minimum Gasteiger partial charge on any atom is -0.456 e. The summed E-state index contributed by atoms with van der Waals surface area (Å²) in [6.07, 6.45) is 3.64. The number of hydrogen-bond donors (Lipinski definition) is 0. The Hall–Kier alpha value is -5.96. The standard InChI is InChI=1S/C48H39NO.C3H8.C2H6/c1-34(28-46(49(2)33-35-14-6-3-7-15-35)40-26-27-45-44-20-12-13-21-47(44)50-48(45)32-40)36-22-24-39(25-23-36)43-30-41(37-16-8-4-9-17-37)29-42(31-43)38-18-10-5-11-19-38;1-3-2;1-2/h3-32,46H,33H2,1-2H3;3H2,1-2H3;1-2H3/b34-28+;;. The number of fused-ring (bicyclic) bond motifs is 3. The molecule has 0 N–H and O–H groups in total. The van der Waals surface area contributed by atoms with Crippen molar-refractivity contribution < 1.29 is 4.42 Å². The Balaban J connectivity index is 0.000000982. The van der Waals surface area contributed by atoms with Crippen LogP contribution in [0.25, 0.3) is 60.9 Å². The topological polar surface area (TPSA) is 16.4 Å². The number of furan rings is 1. The van der Waals surface area contributed by atoms with E-state index in [1.165, 1.54) is 62.1 Å². The molecule has 0 fully saturated rings. The van der Waals surface area contributed by atoms with Gasteiger partial charge in [0.1, 0.15) is 11.2 Å². The van der Waals surface area contributed by atoms with Crippen LogP contribution in [0.1, 0.15) is 63.8 Å². The SMILES string of the molecule is C/C(=C\C(c1ccc2c(c1)oc1ccccc12)N(C)Cc1ccccc1)c1ccc(-c2cc(-c3ccccc3)cc(-c3ccccc3)c2)cc1.CC.CCC. The summed E-state index contributed by atoms with van der Waals surface area (Å²) in [5, 5.41) is 2.30. The van der Waals surface area contributed by atoms with E-state index in [1.807, 2.05) is 26.0 Å². The fourth-order valence-corrected chi connectivity index (χ4v) is 7.02. The number of allylic oxidation sites excluding steroid dienone is 1. The molecule has 0 aliphatic rings. The lowest BCUT2D eigenvalue weighted by molar-refractivity contribution is 0.278. The molecular formula is C53H53NO. The minimum atomic E-state index is 0.0449. The van der Waals surface area contributed by atoms with Crippen molar-refractivity contribution in [3.63, 3.8) is 0 Å². The lowest BCUT2D eigenvalue weighted by Crippen LogP contribution is -2.23. The van der Waals surface area contributed by atoms with Gasteiger partial charge in [0.05, 0.1) is 6.04 Å². The molecule has 7 aromatic carbocycles. The lowest BCUT2D eigenvalue weighted by atomic mass is 9.92. The van der Waals surface area contributed by atoms with Crippen molar-refractivity contribution in [3.8, 4) is 33.4 Å². The van der Waals surface area contributed by atoms with Crippen LogP contribution in [0.3, 0.4) is 0 Å². The second-order valence-electron chi connectivity index (χ2n) is 13.9. The van der Waals surface area contributed by atoms with E-state index in [0.29, 0.717) is 0 Å². The molecule has 2 heteroatoms. The molecule has 0 saturated carbocycles. The molecule has 1 heterocycles. The Labute approximate surface area is 328 Å². The maximum absolute atomic E-state index is 6.32. The van der Waals surface area contributed by atoms with Gasteiger partial charge < -0.3 is 4.42 Å². The number of hydrogen-bond acceptors (Lipinski definition) is 2. The molecule has 0 aliphatic heterocycles. The highest BCUT2D eigenvalue weighted by Gasteiger charge is 2.18. The third-order valence-electron chi connectivity index (χ3n) is 9.72. The summed E-state index contributed by atoms with van der Waals surface area (Å²) in [4.78, 5) is 2.41. The van der Waals surface area contributed by atoms with Gasteiger partial charge >= 0.3 is 0 Å². The van der Waals surface area contributed by atoms with Gasteiger partial charge in [-0.05, 0) is 99.9 Å². The Morgan fingerprint density at radius 3 is 1.56 bits per heavy atom. The predicted octanol–water partition coefficient (Wildman–Crippen LogP) is 15.3. The second kappa shape index (κ2) is 18.9. The van der Waals surface area contributed by atoms with Crippen molar-refractivity contribution in [1.29, 1.82) is 0 Å². The lowest BCUT2D eigenvalue weighted by Gasteiger charge is -2.27. The molecule has 1 aromatic heterocycles. The van der Waals surface area contributed by atoms with E-state index in [0.717, 1.165) is 28.5 Å². The molecule has 0 amide bonds. The predicted molar refractivity (Wildman–Crippen MR) is 238 cm³/mol. The zero-order valence-electron chi connectivity index (χ0n) is 33.2. The smallest absolute Gasteiger partial charge is 0.135 e. The van der Waals surface area contributed by atoms with Gasteiger partial charge in [-0.25, -0.2) is 0 Å². The Bertz CT molecular complexity index is 2370. The molecule has 8 aromatic rings. The van der Waals surface area contributed by atoms with Gasteiger partial charge in [0, 0.05) is 17.3 Å². The molecule has 8 rings (SSSR count). The van der Waals surface area contributed by atoms with Crippen LogP contribution in [0.4, 0.5) is 0 Å². The van der Waals surface area contributed by atoms with Crippen molar-refractivity contribution in [2.75, 3.05) is 7.05 Å². The largest absolute Gasteiger partial charge is 0.456 e. The average molecular weight is 720 g/mol. The van der Waals surface area contributed by atoms with Gasteiger partial charge in [-0.15, -0.1) is 0 Å². The summed E-state index contributed by atoms with van der Waals surface area (Å²) in [7, 11) is 2.21. The highest BCUT2D eigenvalue weighted by molar-refractivity contribution is 6.05. The van der Waals surface area contributed by atoms with Crippen molar-refractivity contribution in [1.82, 2.24) is 4.90 Å². The normalized spacial score (nSPS) is 11.8. The van der Waals surface area contributed by atoms with Gasteiger partial charge in [0.25, 0.3) is 0 Å². The highest BCUT2D eigenvalue weighted by Crippen LogP contribution is 2.36. The molecule has 276 valence electrons. The van der Waals surface area contributed by atoms with Crippen LogP contribution in [-0.4, -0.2) is 11.9 Å². The molecule has 2 nitrogen and oxygen atoms in total. The Kier molecular flexibility index (Phi) is 13.3. The van der Waals surface area contributed by atoms with Gasteiger partial charge in [0.15, 0.2) is 0 Å². The summed E-state index contributed by atoms with van der Waals surface area (Å²) >= 11 is 0. The molecule has 1 atom stereocenters. The summed E-state index contributed by atoms with van der Waals surface area (Å²) in [5.74, 6) is 0. The minimum absolute atomic E-state index is 0.0449. The van der Waals surface area contributed by atoms with E-state index < -0.39 is 0 Å². The average Bonchev–Trinajstić information content (AvgIpc) is 3.62. The fraction of sp³-hybridized carbons (Fsp3) is 0.170. The van der Waals surface area contributed by atoms with Crippen molar-refractivity contribution in [2.45, 2.75) is 53.6 Å². The van der Waals surface area contributed by atoms with E-state index in [9.17, 15) is 0 Å². The van der Waals surface area contributed by atoms with E-state index in [2.05, 4.69) is 203 Å². The first-order valence-corrected chi connectivity index (χ1v) is 19.7. The van der Waals surface area contributed by atoms with Crippen LogP contribution in [0.5, 0.6) is 0 Å². The van der Waals surface area contributed by atoms with Crippen LogP contribution in [0.15, 0.2) is 186 Å². The quantitative estimate of drug-likeness (QED) is 0.148. The molecule has 55 heavy (non-hydrogen) atoms. The highest BCUT2D eigenvalue weighted by atomic mass is 16.3. The van der Waals surface area contributed by atoms with Gasteiger partial charge in [-0.1, -0.05) is 186 Å². The van der Waals surface area contributed by atoms with Crippen molar-refractivity contribution in [2.24, 2.45) is 0 Å². The summed E-state index contributed by atoms with van der Waals surface area (Å²) < 4.78 is 6.32. The Morgan fingerprint density at radius 1 is 0.527 bits per heavy atom. The zero-order chi connectivity index (χ0) is 38.6. The summed E-state index contributed by atoms with van der Waals surface area (Å²) in [6, 6.07) is 62.9. The van der Waals surface area contributed by atoms with Crippen LogP contribution >= 0.6 is 0 Å². The first kappa shape index (κ1) is 38.8. The molecule has 0 bridgehead atoms. The van der Waals surface area contributed by atoms with Crippen LogP contribution in [-0.2, 0) is 6.54 Å². The number of rotatable bonds is 9. The van der Waals surface area contributed by atoms with Crippen LogP contribution < -0.4 is 0 Å². The molecular weight excluding hydrogens is 667 g/mol. The maximum Gasteiger partial charge on any atom is 0.135 e. The molecule has 0 spiro atoms. The van der Waals surface area contributed by atoms with Crippen molar-refractivity contribution in [3.05, 3.63) is 199 Å². The van der Waals surface area contributed by atoms with E-state index in [1.54, 1.807) is 0 Å². The van der Waals surface area contributed by atoms with Gasteiger partial charge in [-0.3, -0.25) is 4.90 Å². The van der Waals surface area contributed by atoms with E-state index in [-0.39, 0.29) is 6.04 Å². The zero-order valence-corrected chi connectivity index (χ0v) is 33.2. The fourth-order valence-electron chi connectivity index (χ4n) is 7.02. The van der Waals surface area contributed by atoms with Gasteiger partial charge in [0.2, 0.25) is 0 Å². The Morgan fingerprint density at radius 2 is 1.00 bits per heavy atom. The third kappa shape index (κ3) is 9.41. The molecule has 0 radical (unpaired) electrons. The first-order valence-electron chi connectivity index (χ1n) is 19.7. The summed E-state index contributed by atoms with van der Waals surface area (Å²) in [6.45, 7) is 11.3. The van der Waals surface area contributed by atoms with Crippen LogP contribution in [0, 0.1) is 0 Å². The maximum atomic E-state index is 6.32. The van der Waals surface area contributed by atoms with E-state index >= 15 is 0 Å². The molecule has 0 saturated heterocycles. The second-order valence-corrected chi connectivity index (χ2v) is 13.9. The monoisotopic (exact) mass is 719 g/mol. The number of benzene rings is 7. The van der Waals surface area contributed by atoms with Crippen molar-refractivity contribution >= 4 is 27.5 Å². The number of para-hydroxylation sites is 1. The number of nitrogens with zero attached hydrogens (tertiary/aromatic N) is 1. The third-order valence-corrected chi connectivity index (χ3v) is 9.72. The first-order chi connectivity index (χ1) is 27.0.